The maximum Gasteiger partial charge on any atom is 0.165 e. The molecule has 1 heterocycles. The number of rotatable bonds is 4. The zero-order valence-corrected chi connectivity index (χ0v) is 15.3. The number of carbonyl (C=O) groups excluding carboxylic acids is 1. The minimum Gasteiger partial charge on any atom is -0.370 e. The van der Waals surface area contributed by atoms with Crippen LogP contribution in [0.1, 0.15) is 62.7 Å². The molecule has 1 saturated heterocycles. The Bertz CT molecular complexity index is 531. The molecule has 1 aromatic carbocycles. The fraction of sp³-hybridized carbons (Fsp3) is 0.667. The topological polar surface area (TPSA) is 23.6 Å². The van der Waals surface area contributed by atoms with Gasteiger partial charge in [-0.1, -0.05) is 19.3 Å². The highest BCUT2D eigenvalue weighted by molar-refractivity contribution is 5.98. The molecule has 0 atom stereocenters. The molecule has 1 saturated carbocycles. The molecule has 1 aliphatic heterocycles. The second kappa shape index (κ2) is 8.15. The van der Waals surface area contributed by atoms with Gasteiger partial charge in [-0.2, -0.15) is 0 Å². The Kier molecular flexibility index (Phi) is 5.94. The van der Waals surface area contributed by atoms with Gasteiger partial charge in [-0.05, 0) is 57.4 Å². The van der Waals surface area contributed by atoms with E-state index < -0.39 is 0 Å². The first-order chi connectivity index (χ1) is 11.6. The predicted molar refractivity (Wildman–Crippen MR) is 101 cm³/mol. The number of hydrogen-bond acceptors (Lipinski definition) is 3. The molecule has 0 spiro atoms. The van der Waals surface area contributed by atoms with E-state index in [2.05, 4.69) is 47.9 Å². The van der Waals surface area contributed by atoms with Gasteiger partial charge < -0.3 is 4.90 Å². The van der Waals surface area contributed by atoms with Crippen LogP contribution >= 0.6 is 0 Å². The Labute approximate surface area is 147 Å². The number of ketones is 1. The van der Waals surface area contributed by atoms with Crippen molar-refractivity contribution >= 4 is 11.5 Å². The zero-order valence-electron chi connectivity index (χ0n) is 15.3. The van der Waals surface area contributed by atoms with Crippen LogP contribution in [0.15, 0.2) is 24.3 Å². The lowest BCUT2D eigenvalue weighted by atomic mass is 9.84. The van der Waals surface area contributed by atoms with Gasteiger partial charge in [0.1, 0.15) is 0 Å². The summed E-state index contributed by atoms with van der Waals surface area (Å²) in [5.74, 6) is 0.630. The Morgan fingerprint density at radius 2 is 1.62 bits per heavy atom. The molecule has 2 aliphatic rings. The van der Waals surface area contributed by atoms with E-state index in [4.69, 9.17) is 0 Å². The third-order valence-electron chi connectivity index (χ3n) is 5.75. The third-order valence-corrected chi connectivity index (χ3v) is 5.75. The summed E-state index contributed by atoms with van der Waals surface area (Å²) in [6, 6.07) is 9.04. The quantitative estimate of drug-likeness (QED) is 0.767. The molecule has 132 valence electrons. The first-order valence-electron chi connectivity index (χ1n) is 9.78. The predicted octanol–water partition coefficient (Wildman–Crippen LogP) is 4.37. The van der Waals surface area contributed by atoms with Crippen molar-refractivity contribution in [3.05, 3.63) is 29.8 Å². The van der Waals surface area contributed by atoms with E-state index in [1.807, 2.05) is 0 Å². The smallest absolute Gasteiger partial charge is 0.165 e. The van der Waals surface area contributed by atoms with Gasteiger partial charge in [0.25, 0.3) is 0 Å². The summed E-state index contributed by atoms with van der Waals surface area (Å²) in [4.78, 5) is 17.7. The van der Waals surface area contributed by atoms with E-state index in [0.29, 0.717) is 11.8 Å². The van der Waals surface area contributed by atoms with E-state index in [-0.39, 0.29) is 5.92 Å². The minimum absolute atomic E-state index is 0.266. The molecule has 2 fully saturated rings. The highest BCUT2D eigenvalue weighted by atomic mass is 16.1. The van der Waals surface area contributed by atoms with Crippen LogP contribution in [0.3, 0.4) is 0 Å². The molecule has 3 rings (SSSR count). The number of nitrogens with zero attached hydrogens (tertiary/aromatic N) is 2. The highest BCUT2D eigenvalue weighted by Crippen LogP contribution is 2.27. The van der Waals surface area contributed by atoms with Crippen molar-refractivity contribution in [1.82, 2.24) is 4.90 Å². The van der Waals surface area contributed by atoms with Crippen molar-refractivity contribution in [2.24, 2.45) is 5.92 Å². The molecule has 0 aromatic heterocycles. The van der Waals surface area contributed by atoms with Gasteiger partial charge in [0.05, 0.1) is 0 Å². The lowest BCUT2D eigenvalue weighted by Crippen LogP contribution is -2.35. The van der Waals surface area contributed by atoms with E-state index in [1.54, 1.807) is 0 Å². The molecule has 0 radical (unpaired) electrons. The summed E-state index contributed by atoms with van der Waals surface area (Å²) in [7, 11) is 0. The average Bonchev–Trinajstić information content (AvgIpc) is 2.88. The molecule has 24 heavy (non-hydrogen) atoms. The SMILES string of the molecule is CC(C)N1CCCN(c2ccc(C(=O)C3CCCCC3)cc2)CC1. The minimum atomic E-state index is 0.266. The molecule has 0 unspecified atom stereocenters. The lowest BCUT2D eigenvalue weighted by Gasteiger charge is -2.26. The molecule has 1 aliphatic carbocycles. The van der Waals surface area contributed by atoms with Crippen molar-refractivity contribution in [1.29, 1.82) is 0 Å². The van der Waals surface area contributed by atoms with Crippen molar-refractivity contribution < 1.29 is 4.79 Å². The summed E-state index contributed by atoms with van der Waals surface area (Å²) in [6.07, 6.45) is 7.10. The standard InChI is InChI=1S/C21H32N2O/c1-17(2)22-13-6-14-23(16-15-22)20-11-9-19(10-12-20)21(24)18-7-4-3-5-8-18/h9-12,17-18H,3-8,13-16H2,1-2H3. The molecular formula is C21H32N2O. The molecule has 3 nitrogen and oxygen atoms in total. The van der Waals surface area contributed by atoms with Crippen molar-refractivity contribution in [3.63, 3.8) is 0 Å². The van der Waals surface area contributed by atoms with Crippen molar-refractivity contribution in [3.8, 4) is 0 Å². The average molecular weight is 329 g/mol. The van der Waals surface area contributed by atoms with Gasteiger partial charge in [-0.25, -0.2) is 0 Å². The van der Waals surface area contributed by atoms with E-state index in [1.165, 1.54) is 37.9 Å². The molecule has 0 N–H and O–H groups in total. The third kappa shape index (κ3) is 4.18. The van der Waals surface area contributed by atoms with Crippen LogP contribution in [-0.4, -0.2) is 42.9 Å². The molecule has 1 aromatic rings. The van der Waals surface area contributed by atoms with Crippen LogP contribution in [0, 0.1) is 5.92 Å². The molecule has 0 amide bonds. The van der Waals surface area contributed by atoms with Gasteiger partial charge in [-0.3, -0.25) is 9.69 Å². The van der Waals surface area contributed by atoms with Gasteiger partial charge in [0.2, 0.25) is 0 Å². The van der Waals surface area contributed by atoms with E-state index in [0.717, 1.165) is 38.0 Å². The normalized spacial score (nSPS) is 21.0. The Hall–Kier alpha value is -1.35. The number of benzene rings is 1. The highest BCUT2D eigenvalue weighted by Gasteiger charge is 2.22. The molecule has 0 bridgehead atoms. The first kappa shape index (κ1) is 17.5. The summed E-state index contributed by atoms with van der Waals surface area (Å²) in [5.41, 5.74) is 2.17. The Morgan fingerprint density at radius 3 is 2.29 bits per heavy atom. The summed E-state index contributed by atoms with van der Waals surface area (Å²) in [6.45, 7) is 9.06. The summed E-state index contributed by atoms with van der Waals surface area (Å²) >= 11 is 0. The Morgan fingerprint density at radius 1 is 0.917 bits per heavy atom. The Balaban J connectivity index is 1.62. The van der Waals surface area contributed by atoms with Crippen LogP contribution in [0.5, 0.6) is 0 Å². The second-order valence-corrected chi connectivity index (χ2v) is 7.72. The zero-order chi connectivity index (χ0) is 16.9. The van der Waals surface area contributed by atoms with Crippen LogP contribution < -0.4 is 4.90 Å². The van der Waals surface area contributed by atoms with Gasteiger partial charge >= 0.3 is 0 Å². The largest absolute Gasteiger partial charge is 0.370 e. The number of Topliss-reactive ketones (excluding diaryl/α,β-unsaturated/α-hetero) is 1. The fourth-order valence-electron chi connectivity index (χ4n) is 4.15. The number of anilines is 1. The number of carbonyl (C=O) groups is 1. The maximum atomic E-state index is 12.6. The van der Waals surface area contributed by atoms with Gasteiger partial charge in [0, 0.05) is 49.4 Å². The molecule has 3 heteroatoms. The van der Waals surface area contributed by atoms with Crippen molar-refractivity contribution in [2.75, 3.05) is 31.1 Å². The van der Waals surface area contributed by atoms with E-state index >= 15 is 0 Å². The first-order valence-corrected chi connectivity index (χ1v) is 9.78. The summed E-state index contributed by atoms with van der Waals surface area (Å²) < 4.78 is 0. The van der Waals surface area contributed by atoms with Gasteiger partial charge in [-0.15, -0.1) is 0 Å². The van der Waals surface area contributed by atoms with Crippen LogP contribution in [0.4, 0.5) is 5.69 Å². The van der Waals surface area contributed by atoms with Gasteiger partial charge in [0.15, 0.2) is 5.78 Å². The van der Waals surface area contributed by atoms with Crippen LogP contribution in [0.25, 0.3) is 0 Å². The van der Waals surface area contributed by atoms with E-state index in [9.17, 15) is 4.79 Å². The number of hydrogen-bond donors (Lipinski definition) is 0. The fourth-order valence-corrected chi connectivity index (χ4v) is 4.15. The van der Waals surface area contributed by atoms with Crippen molar-refractivity contribution in [2.45, 2.75) is 58.4 Å². The maximum absolute atomic E-state index is 12.6. The molecular weight excluding hydrogens is 296 g/mol. The lowest BCUT2D eigenvalue weighted by molar-refractivity contribution is 0.0889. The van der Waals surface area contributed by atoms with Crippen LogP contribution in [-0.2, 0) is 0 Å². The van der Waals surface area contributed by atoms with Crippen LogP contribution in [0.2, 0.25) is 0 Å². The second-order valence-electron chi connectivity index (χ2n) is 7.72. The monoisotopic (exact) mass is 328 g/mol. The summed E-state index contributed by atoms with van der Waals surface area (Å²) in [5, 5.41) is 0.